The normalized spacial score (nSPS) is 52.3. The Balaban J connectivity index is 1.21. The second-order valence-corrected chi connectivity index (χ2v) is 17.4. The van der Waals surface area contributed by atoms with Crippen LogP contribution in [0.2, 0.25) is 0 Å². The maximum absolute atomic E-state index is 7.80. The molecule has 14 unspecified atom stereocenters. The zero-order valence-corrected chi connectivity index (χ0v) is 28.4. The highest BCUT2D eigenvalue weighted by Gasteiger charge is 2.72. The molecule has 0 N–H and O–H groups in total. The van der Waals surface area contributed by atoms with Gasteiger partial charge in [0.05, 0.1) is 24.4 Å². The average Bonchev–Trinajstić information content (AvgIpc) is 3.54. The third kappa shape index (κ3) is 4.79. The lowest BCUT2D eigenvalue weighted by Crippen LogP contribution is -2.59. The van der Waals surface area contributed by atoms with E-state index in [-0.39, 0.29) is 5.79 Å². The molecule has 3 nitrogen and oxygen atoms in total. The third-order valence-corrected chi connectivity index (χ3v) is 16.1. The second-order valence-electron chi connectivity index (χ2n) is 17.4. The molecule has 2 aliphatic heterocycles. The summed E-state index contributed by atoms with van der Waals surface area (Å²) in [5, 5.41) is 0. The lowest BCUT2D eigenvalue weighted by molar-refractivity contribution is -0.372. The summed E-state index contributed by atoms with van der Waals surface area (Å²) in [6, 6.07) is 0. The maximum atomic E-state index is 7.80. The van der Waals surface area contributed by atoms with Gasteiger partial charge in [0, 0.05) is 18.3 Å². The van der Waals surface area contributed by atoms with E-state index in [1.54, 1.807) is 0 Å². The van der Waals surface area contributed by atoms with Gasteiger partial charge < -0.3 is 14.2 Å². The summed E-state index contributed by atoms with van der Waals surface area (Å²) in [7, 11) is 0. The quantitative estimate of drug-likeness (QED) is 0.306. The van der Waals surface area contributed by atoms with Gasteiger partial charge in [-0.15, -0.1) is 0 Å². The van der Waals surface area contributed by atoms with Crippen molar-refractivity contribution in [3.63, 3.8) is 0 Å². The van der Waals surface area contributed by atoms with Gasteiger partial charge in [0.2, 0.25) is 0 Å². The van der Waals surface area contributed by atoms with Crippen molar-refractivity contribution in [2.45, 2.75) is 180 Å². The van der Waals surface area contributed by atoms with E-state index in [0.717, 1.165) is 53.8 Å². The van der Waals surface area contributed by atoms with Gasteiger partial charge in [0.15, 0.2) is 5.79 Å². The van der Waals surface area contributed by atoms with Crippen LogP contribution >= 0.6 is 0 Å². The number of hydrogen-bond donors (Lipinski definition) is 0. The molecule has 0 aromatic carbocycles. The summed E-state index contributed by atoms with van der Waals surface area (Å²) in [4.78, 5) is 0. The molecule has 43 heavy (non-hydrogen) atoms. The van der Waals surface area contributed by atoms with Crippen molar-refractivity contribution in [1.82, 2.24) is 0 Å². The molecule has 0 aromatic rings. The lowest BCUT2D eigenvalue weighted by Gasteiger charge is -2.54. The molecule has 1 spiro atoms. The SMILES string of the molecule is CCC(CC)C1CC(C(CC)CC)OC2(O1)C1CC3CCCCC3CC1C1C3C(CCC12)OC1CCC2CCCCC2C13. The predicted octanol–water partition coefficient (Wildman–Crippen LogP) is 10.2. The van der Waals surface area contributed by atoms with E-state index < -0.39 is 0 Å². The van der Waals surface area contributed by atoms with E-state index in [1.165, 1.54) is 116 Å². The fourth-order valence-corrected chi connectivity index (χ4v) is 14.3. The zero-order valence-electron chi connectivity index (χ0n) is 28.4. The van der Waals surface area contributed by atoms with Crippen LogP contribution in [0.15, 0.2) is 0 Å². The minimum absolute atomic E-state index is 0.333. The molecule has 6 aliphatic carbocycles. The summed E-state index contributed by atoms with van der Waals surface area (Å²) >= 11 is 0. The van der Waals surface area contributed by atoms with Gasteiger partial charge in [0.1, 0.15) is 0 Å². The van der Waals surface area contributed by atoms with Crippen LogP contribution in [0, 0.1) is 71.0 Å². The maximum Gasteiger partial charge on any atom is 0.175 e. The van der Waals surface area contributed by atoms with Gasteiger partial charge >= 0.3 is 0 Å². The third-order valence-electron chi connectivity index (χ3n) is 16.1. The van der Waals surface area contributed by atoms with Crippen molar-refractivity contribution in [2.75, 3.05) is 0 Å². The van der Waals surface area contributed by atoms with Gasteiger partial charge in [-0.2, -0.15) is 0 Å². The molecule has 0 amide bonds. The zero-order chi connectivity index (χ0) is 29.3. The van der Waals surface area contributed by atoms with E-state index in [1.807, 2.05) is 0 Å². The lowest BCUT2D eigenvalue weighted by atomic mass is 9.54. The second kappa shape index (κ2) is 12.2. The summed E-state index contributed by atoms with van der Waals surface area (Å²) in [6.07, 6.45) is 28.0. The Morgan fingerprint density at radius 1 is 0.512 bits per heavy atom. The van der Waals surface area contributed by atoms with Crippen molar-refractivity contribution in [3.05, 3.63) is 0 Å². The topological polar surface area (TPSA) is 27.7 Å². The van der Waals surface area contributed by atoms with Gasteiger partial charge in [-0.05, 0) is 104 Å². The van der Waals surface area contributed by atoms with Crippen molar-refractivity contribution in [3.8, 4) is 0 Å². The van der Waals surface area contributed by atoms with E-state index in [2.05, 4.69) is 27.7 Å². The van der Waals surface area contributed by atoms with Crippen LogP contribution in [0.4, 0.5) is 0 Å². The number of fused-ring (bicyclic) bond motifs is 12. The van der Waals surface area contributed by atoms with Crippen molar-refractivity contribution < 1.29 is 14.2 Å². The Hall–Kier alpha value is -0.120. The smallest absolute Gasteiger partial charge is 0.175 e. The monoisotopic (exact) mass is 595 g/mol. The van der Waals surface area contributed by atoms with Crippen molar-refractivity contribution in [1.29, 1.82) is 0 Å². The molecule has 3 heteroatoms. The van der Waals surface area contributed by atoms with Crippen molar-refractivity contribution >= 4 is 0 Å². The van der Waals surface area contributed by atoms with Crippen LogP contribution < -0.4 is 0 Å². The molecule has 0 radical (unpaired) electrons. The van der Waals surface area contributed by atoms with Crippen LogP contribution in [0.5, 0.6) is 0 Å². The highest BCUT2D eigenvalue weighted by Crippen LogP contribution is 2.70. The standard InChI is InChI=1S/C40H66O3/c1-5-24(6-2)35-23-36(25(7-3)8-4)43-40(42-35)31-18-20-34-39(38-29-16-12-11-13-26(29)17-19-33(38)41-34)37(31)30-21-27-14-9-10-15-28(27)22-32(30)40/h24-39H,5-23H2,1-4H3. The number of rotatable bonds is 6. The number of ether oxygens (including phenoxy) is 3. The van der Waals surface area contributed by atoms with Crippen LogP contribution in [-0.4, -0.2) is 30.2 Å². The molecular formula is C40H66O3. The fourth-order valence-electron chi connectivity index (χ4n) is 14.3. The Morgan fingerprint density at radius 2 is 1.09 bits per heavy atom. The molecule has 6 saturated carbocycles. The molecule has 0 aromatic heterocycles. The first-order valence-corrected chi connectivity index (χ1v) is 20.1. The van der Waals surface area contributed by atoms with Crippen LogP contribution in [0.3, 0.4) is 0 Å². The van der Waals surface area contributed by atoms with Crippen LogP contribution in [0.25, 0.3) is 0 Å². The Kier molecular flexibility index (Phi) is 8.55. The van der Waals surface area contributed by atoms with Gasteiger partial charge in [-0.1, -0.05) is 98.3 Å². The summed E-state index contributed by atoms with van der Waals surface area (Å²) < 4.78 is 22.8. The number of hydrogen-bond acceptors (Lipinski definition) is 3. The Labute approximate surface area is 264 Å². The van der Waals surface area contributed by atoms with Crippen LogP contribution in [-0.2, 0) is 14.2 Å². The highest BCUT2D eigenvalue weighted by molar-refractivity contribution is 5.16. The van der Waals surface area contributed by atoms with Crippen molar-refractivity contribution in [2.24, 2.45) is 71.0 Å². The molecule has 14 atom stereocenters. The minimum Gasteiger partial charge on any atom is -0.374 e. The van der Waals surface area contributed by atoms with E-state index in [4.69, 9.17) is 14.2 Å². The molecule has 2 saturated heterocycles. The molecular weight excluding hydrogens is 528 g/mol. The predicted molar refractivity (Wildman–Crippen MR) is 173 cm³/mol. The molecule has 8 aliphatic rings. The van der Waals surface area contributed by atoms with Gasteiger partial charge in [-0.3, -0.25) is 0 Å². The Morgan fingerprint density at radius 3 is 1.77 bits per heavy atom. The van der Waals surface area contributed by atoms with E-state index in [0.29, 0.717) is 48.1 Å². The van der Waals surface area contributed by atoms with E-state index in [9.17, 15) is 0 Å². The molecule has 244 valence electrons. The van der Waals surface area contributed by atoms with Crippen LogP contribution in [0.1, 0.15) is 150 Å². The molecule has 8 fully saturated rings. The highest BCUT2D eigenvalue weighted by atomic mass is 16.7. The first kappa shape index (κ1) is 30.2. The summed E-state index contributed by atoms with van der Waals surface area (Å²) in [5.41, 5.74) is 0. The summed E-state index contributed by atoms with van der Waals surface area (Å²) in [5.74, 6) is 9.16. The first-order chi connectivity index (χ1) is 21.1. The van der Waals surface area contributed by atoms with Gasteiger partial charge in [0.25, 0.3) is 0 Å². The largest absolute Gasteiger partial charge is 0.374 e. The Bertz CT molecular complexity index is 935. The van der Waals surface area contributed by atoms with E-state index >= 15 is 0 Å². The molecule has 0 bridgehead atoms. The molecule has 2 heterocycles. The summed E-state index contributed by atoms with van der Waals surface area (Å²) in [6.45, 7) is 9.68. The first-order valence-electron chi connectivity index (χ1n) is 20.1. The fraction of sp³-hybridized carbons (Fsp3) is 1.00. The molecule has 8 rings (SSSR count). The average molecular weight is 595 g/mol. The van der Waals surface area contributed by atoms with Gasteiger partial charge in [-0.25, -0.2) is 0 Å². The minimum atomic E-state index is -0.333.